The second kappa shape index (κ2) is 9.10. The molecule has 0 radical (unpaired) electrons. The highest BCUT2D eigenvalue weighted by atomic mass is 16.2. The van der Waals surface area contributed by atoms with Crippen molar-refractivity contribution in [3.8, 4) is 11.3 Å². The molecule has 0 aliphatic carbocycles. The third kappa shape index (κ3) is 4.33. The van der Waals surface area contributed by atoms with Crippen molar-refractivity contribution in [3.05, 3.63) is 77.6 Å². The van der Waals surface area contributed by atoms with Gasteiger partial charge in [0.15, 0.2) is 0 Å². The number of fused-ring (bicyclic) bond motifs is 1. The van der Waals surface area contributed by atoms with E-state index in [1.165, 1.54) is 10.9 Å². The molecule has 36 heavy (non-hydrogen) atoms. The van der Waals surface area contributed by atoms with E-state index in [-0.39, 0.29) is 17.5 Å². The number of hydrogen-bond donors (Lipinski definition) is 2. The Balaban J connectivity index is 1.46. The number of aromatic nitrogens is 7. The molecule has 0 aliphatic heterocycles. The van der Waals surface area contributed by atoms with E-state index < -0.39 is 0 Å². The van der Waals surface area contributed by atoms with Gasteiger partial charge in [-0.25, -0.2) is 4.98 Å². The van der Waals surface area contributed by atoms with E-state index in [2.05, 4.69) is 25.9 Å². The molecule has 2 amide bonds. The number of amides is 2. The highest BCUT2D eigenvalue weighted by Crippen LogP contribution is 2.27. The smallest absolute Gasteiger partial charge is 0.271 e. The number of rotatable bonds is 6. The molecule has 0 aliphatic rings. The number of nitrogens with zero attached hydrogens (tertiary/aromatic N) is 7. The molecule has 1 aromatic carbocycles. The van der Waals surface area contributed by atoms with E-state index in [9.17, 15) is 9.59 Å². The maximum Gasteiger partial charge on any atom is 0.271 e. The molecule has 0 atom stereocenters. The molecule has 2 N–H and O–H groups in total. The zero-order valence-electron chi connectivity index (χ0n) is 20.4. The Morgan fingerprint density at radius 3 is 2.50 bits per heavy atom. The number of para-hydroxylation sites is 1. The van der Waals surface area contributed by atoms with Crippen LogP contribution in [0.5, 0.6) is 0 Å². The summed E-state index contributed by atoms with van der Waals surface area (Å²) in [5, 5.41) is 19.1. The molecule has 0 saturated carbocycles. The molecule has 5 aromatic rings. The average Bonchev–Trinajstić information content (AvgIpc) is 3.54. The zero-order valence-corrected chi connectivity index (χ0v) is 20.4. The van der Waals surface area contributed by atoms with E-state index in [0.29, 0.717) is 34.4 Å². The number of hydrogen-bond acceptors (Lipinski definition) is 6. The van der Waals surface area contributed by atoms with Crippen LogP contribution < -0.4 is 10.6 Å². The van der Waals surface area contributed by atoms with Crippen molar-refractivity contribution in [2.24, 2.45) is 21.1 Å². The summed E-state index contributed by atoms with van der Waals surface area (Å²) in [6.45, 7) is 2.20. The van der Waals surface area contributed by atoms with Gasteiger partial charge in [0.1, 0.15) is 5.69 Å². The van der Waals surface area contributed by atoms with Gasteiger partial charge in [0, 0.05) is 56.6 Å². The van der Waals surface area contributed by atoms with Crippen LogP contribution in [0.25, 0.3) is 22.2 Å². The van der Waals surface area contributed by atoms with E-state index in [4.69, 9.17) is 4.98 Å². The summed E-state index contributed by atoms with van der Waals surface area (Å²) in [6, 6.07) is 9.20. The van der Waals surface area contributed by atoms with Crippen LogP contribution in [0.2, 0.25) is 0 Å². The van der Waals surface area contributed by atoms with Crippen molar-refractivity contribution in [1.29, 1.82) is 0 Å². The van der Waals surface area contributed by atoms with Gasteiger partial charge >= 0.3 is 0 Å². The van der Waals surface area contributed by atoms with Crippen LogP contribution in [0.4, 0.5) is 5.69 Å². The summed E-state index contributed by atoms with van der Waals surface area (Å²) < 4.78 is 4.81. The zero-order chi connectivity index (χ0) is 25.4. The maximum absolute atomic E-state index is 13.5. The van der Waals surface area contributed by atoms with Crippen LogP contribution >= 0.6 is 0 Å². The minimum Gasteiger partial charge on any atom is -0.346 e. The standard InChI is InChI=1S/C25H25N9O2/c1-15-19(14-33(3)31-15)21-9-18(17-7-5-6-8-20(17)29-21)24(35)30-22-12-28-34(4)23(22)25(36)26-10-16-11-27-32(2)13-16/h5-9,11-14H,10H2,1-4H3,(H,26,36)(H,30,35). The summed E-state index contributed by atoms with van der Waals surface area (Å²) in [5.74, 6) is -0.730. The summed E-state index contributed by atoms with van der Waals surface area (Å²) >= 11 is 0. The van der Waals surface area contributed by atoms with Crippen LogP contribution in [0.3, 0.4) is 0 Å². The van der Waals surface area contributed by atoms with Crippen molar-refractivity contribution in [2.75, 3.05) is 5.32 Å². The second-order valence-electron chi connectivity index (χ2n) is 8.56. The monoisotopic (exact) mass is 483 g/mol. The Bertz CT molecular complexity index is 1610. The Kier molecular flexibility index (Phi) is 5.80. The SMILES string of the molecule is Cc1nn(C)cc1-c1cc(C(=O)Nc2cnn(C)c2C(=O)NCc2cnn(C)c2)c2ccccc2n1. The van der Waals surface area contributed by atoms with Gasteiger partial charge in [-0.3, -0.25) is 23.6 Å². The maximum atomic E-state index is 13.5. The minimum absolute atomic E-state index is 0.244. The molecule has 4 aromatic heterocycles. The Morgan fingerprint density at radius 1 is 0.972 bits per heavy atom. The molecule has 5 rings (SSSR count). The van der Waals surface area contributed by atoms with Gasteiger partial charge in [0.2, 0.25) is 0 Å². The molecule has 0 unspecified atom stereocenters. The van der Waals surface area contributed by atoms with E-state index >= 15 is 0 Å². The summed E-state index contributed by atoms with van der Waals surface area (Å²) in [4.78, 5) is 31.2. The fourth-order valence-electron chi connectivity index (χ4n) is 4.17. The molecule has 0 bridgehead atoms. The summed E-state index contributed by atoms with van der Waals surface area (Å²) in [6.07, 6.45) is 6.84. The van der Waals surface area contributed by atoms with Gasteiger partial charge in [-0.2, -0.15) is 15.3 Å². The lowest BCUT2D eigenvalue weighted by Gasteiger charge is -2.11. The van der Waals surface area contributed by atoms with Crippen molar-refractivity contribution in [2.45, 2.75) is 13.5 Å². The van der Waals surface area contributed by atoms with Crippen LogP contribution in [-0.2, 0) is 27.7 Å². The largest absolute Gasteiger partial charge is 0.346 e. The van der Waals surface area contributed by atoms with Crippen LogP contribution in [0.15, 0.2) is 55.1 Å². The third-order valence-electron chi connectivity index (χ3n) is 5.86. The number of benzene rings is 1. The first-order chi connectivity index (χ1) is 17.3. The van der Waals surface area contributed by atoms with Gasteiger partial charge < -0.3 is 10.6 Å². The topological polar surface area (TPSA) is 125 Å². The molecule has 182 valence electrons. The van der Waals surface area contributed by atoms with Gasteiger partial charge in [-0.1, -0.05) is 18.2 Å². The number of anilines is 1. The van der Waals surface area contributed by atoms with E-state index in [1.54, 1.807) is 28.7 Å². The Labute approximate surface area is 206 Å². The number of aryl methyl sites for hydroxylation is 4. The van der Waals surface area contributed by atoms with Crippen molar-refractivity contribution in [3.63, 3.8) is 0 Å². The first-order valence-electron chi connectivity index (χ1n) is 11.3. The van der Waals surface area contributed by atoms with Crippen molar-refractivity contribution >= 4 is 28.4 Å². The first kappa shape index (κ1) is 23.0. The minimum atomic E-state index is -0.370. The fourth-order valence-corrected chi connectivity index (χ4v) is 4.17. The molecule has 0 fully saturated rings. The summed E-state index contributed by atoms with van der Waals surface area (Å²) in [7, 11) is 5.30. The van der Waals surface area contributed by atoms with Gasteiger partial charge in [-0.15, -0.1) is 0 Å². The number of pyridine rings is 1. The Morgan fingerprint density at radius 2 is 1.78 bits per heavy atom. The second-order valence-corrected chi connectivity index (χ2v) is 8.56. The predicted octanol–water partition coefficient (Wildman–Crippen LogP) is 2.59. The highest BCUT2D eigenvalue weighted by Gasteiger charge is 2.21. The third-order valence-corrected chi connectivity index (χ3v) is 5.86. The normalized spacial score (nSPS) is 11.1. The van der Waals surface area contributed by atoms with Crippen LogP contribution in [0, 0.1) is 6.92 Å². The molecular formula is C25H25N9O2. The summed E-state index contributed by atoms with van der Waals surface area (Å²) in [5.41, 5.74) is 4.83. The van der Waals surface area contributed by atoms with Gasteiger partial charge in [0.25, 0.3) is 11.8 Å². The quantitative estimate of drug-likeness (QED) is 0.383. The highest BCUT2D eigenvalue weighted by molar-refractivity contribution is 6.14. The molecule has 0 saturated heterocycles. The Hall–Kier alpha value is -4.80. The molecule has 11 nitrogen and oxygen atoms in total. The van der Waals surface area contributed by atoms with Crippen LogP contribution in [0.1, 0.15) is 32.1 Å². The number of carbonyl (C=O) groups is 2. The van der Waals surface area contributed by atoms with E-state index in [1.807, 2.05) is 57.7 Å². The lowest BCUT2D eigenvalue weighted by atomic mass is 10.0. The van der Waals surface area contributed by atoms with Crippen molar-refractivity contribution < 1.29 is 9.59 Å². The average molecular weight is 484 g/mol. The fraction of sp³-hybridized carbons (Fsp3) is 0.200. The van der Waals surface area contributed by atoms with Crippen molar-refractivity contribution in [1.82, 2.24) is 39.6 Å². The van der Waals surface area contributed by atoms with Gasteiger partial charge in [-0.05, 0) is 19.1 Å². The number of nitrogens with one attached hydrogen (secondary N) is 2. The molecule has 4 heterocycles. The van der Waals surface area contributed by atoms with E-state index in [0.717, 1.165) is 16.8 Å². The molecule has 0 spiro atoms. The predicted molar refractivity (Wildman–Crippen MR) is 134 cm³/mol. The molecule has 11 heteroatoms. The lowest BCUT2D eigenvalue weighted by molar-refractivity contribution is 0.0942. The molecular weight excluding hydrogens is 458 g/mol. The van der Waals surface area contributed by atoms with Gasteiger partial charge in [0.05, 0.1) is 40.5 Å². The first-order valence-corrected chi connectivity index (χ1v) is 11.3. The number of carbonyl (C=O) groups excluding carboxylic acids is 2. The van der Waals surface area contributed by atoms with Crippen LogP contribution in [-0.4, -0.2) is 46.1 Å². The lowest BCUT2D eigenvalue weighted by Crippen LogP contribution is -2.26.